The van der Waals surface area contributed by atoms with Crippen molar-refractivity contribution in [2.45, 2.75) is 11.6 Å². The lowest BCUT2D eigenvalue weighted by molar-refractivity contribution is 0.102. The number of carbonyl (C=O) groups excluding carboxylic acids is 1. The van der Waals surface area contributed by atoms with Crippen molar-refractivity contribution in [2.75, 3.05) is 5.75 Å². The molecule has 0 aliphatic rings. The number of Topliss-reactive ketones (excluding diaryl/α,β-unsaturated/α-hetero) is 1. The lowest BCUT2D eigenvalue weighted by Gasteiger charge is -1.99. The molecule has 4 nitrogen and oxygen atoms in total. The van der Waals surface area contributed by atoms with E-state index in [4.69, 9.17) is 16.0 Å². The summed E-state index contributed by atoms with van der Waals surface area (Å²) in [5.41, 5.74) is 1.72. The van der Waals surface area contributed by atoms with Crippen LogP contribution in [-0.2, 0) is 6.42 Å². The number of halogens is 1. The minimum Gasteiger partial charge on any atom is -0.416 e. The number of rotatable bonds is 6. The zero-order valence-electron chi connectivity index (χ0n) is 12.1. The third-order valence-electron chi connectivity index (χ3n) is 3.14. The number of hydrogen-bond donors (Lipinski definition) is 0. The first-order chi connectivity index (χ1) is 11.2. The molecule has 0 saturated carbocycles. The summed E-state index contributed by atoms with van der Waals surface area (Å²) in [5, 5.41) is 8.98. The van der Waals surface area contributed by atoms with Crippen molar-refractivity contribution in [1.29, 1.82) is 0 Å². The molecule has 1 heterocycles. The van der Waals surface area contributed by atoms with Gasteiger partial charge in [0.05, 0.1) is 12.2 Å². The molecule has 1 aromatic heterocycles. The number of aromatic nitrogens is 2. The van der Waals surface area contributed by atoms with Gasteiger partial charge in [0.25, 0.3) is 5.22 Å². The van der Waals surface area contributed by atoms with Crippen LogP contribution in [0.1, 0.15) is 21.8 Å². The summed E-state index contributed by atoms with van der Waals surface area (Å²) in [5.74, 6) is 0.779. The van der Waals surface area contributed by atoms with Crippen LogP contribution in [0, 0.1) is 0 Å². The van der Waals surface area contributed by atoms with Crippen molar-refractivity contribution in [3.8, 4) is 0 Å². The highest BCUT2D eigenvalue weighted by Gasteiger charge is 2.11. The number of hydrogen-bond acceptors (Lipinski definition) is 5. The van der Waals surface area contributed by atoms with Gasteiger partial charge in [0.15, 0.2) is 5.78 Å². The smallest absolute Gasteiger partial charge is 0.277 e. The first kappa shape index (κ1) is 15.8. The summed E-state index contributed by atoms with van der Waals surface area (Å²) in [6.07, 6.45) is 0.583. The normalized spacial score (nSPS) is 10.7. The molecule has 0 radical (unpaired) electrons. The van der Waals surface area contributed by atoms with Gasteiger partial charge in [-0.3, -0.25) is 4.79 Å². The molecule has 0 amide bonds. The van der Waals surface area contributed by atoms with Crippen molar-refractivity contribution in [3.63, 3.8) is 0 Å². The summed E-state index contributed by atoms with van der Waals surface area (Å²) < 4.78 is 5.56. The van der Waals surface area contributed by atoms with Gasteiger partial charge in [0.2, 0.25) is 5.89 Å². The second-order valence-corrected chi connectivity index (χ2v) is 6.21. The van der Waals surface area contributed by atoms with Crippen LogP contribution in [0.2, 0.25) is 5.02 Å². The predicted octanol–water partition coefficient (Wildman–Crippen LogP) is 4.29. The SMILES string of the molecule is O=C(CSc1nnc(Cc2ccccc2)o1)c1ccc(Cl)cc1. The van der Waals surface area contributed by atoms with Gasteiger partial charge in [0.1, 0.15) is 0 Å². The predicted molar refractivity (Wildman–Crippen MR) is 90.1 cm³/mol. The fourth-order valence-electron chi connectivity index (χ4n) is 1.98. The molecule has 0 N–H and O–H groups in total. The van der Waals surface area contributed by atoms with E-state index in [2.05, 4.69) is 10.2 Å². The number of carbonyl (C=O) groups is 1. The standard InChI is InChI=1S/C17H13ClN2O2S/c18-14-8-6-13(7-9-14)15(21)11-23-17-20-19-16(22-17)10-12-4-2-1-3-5-12/h1-9H,10-11H2. The Kier molecular flexibility index (Phi) is 5.10. The summed E-state index contributed by atoms with van der Waals surface area (Å²) in [7, 11) is 0. The number of thioether (sulfide) groups is 1. The summed E-state index contributed by atoms with van der Waals surface area (Å²) in [6, 6.07) is 16.7. The van der Waals surface area contributed by atoms with Crippen LogP contribution in [0.15, 0.2) is 64.2 Å². The van der Waals surface area contributed by atoms with Crippen molar-refractivity contribution in [2.24, 2.45) is 0 Å². The van der Waals surface area contributed by atoms with Gasteiger partial charge < -0.3 is 4.42 Å². The van der Waals surface area contributed by atoms with Gasteiger partial charge in [-0.2, -0.15) is 0 Å². The van der Waals surface area contributed by atoms with E-state index in [0.717, 1.165) is 5.56 Å². The second kappa shape index (κ2) is 7.44. The lowest BCUT2D eigenvalue weighted by atomic mass is 10.1. The van der Waals surface area contributed by atoms with Gasteiger partial charge in [-0.05, 0) is 29.8 Å². The maximum absolute atomic E-state index is 12.1. The van der Waals surface area contributed by atoms with E-state index < -0.39 is 0 Å². The van der Waals surface area contributed by atoms with E-state index in [1.54, 1.807) is 24.3 Å². The van der Waals surface area contributed by atoms with E-state index in [1.807, 2.05) is 30.3 Å². The monoisotopic (exact) mass is 344 g/mol. The molecule has 2 aromatic carbocycles. The average molecular weight is 345 g/mol. The fraction of sp³-hybridized carbons (Fsp3) is 0.118. The second-order valence-electron chi connectivity index (χ2n) is 4.84. The molecule has 0 aliphatic heterocycles. The fourth-order valence-corrected chi connectivity index (χ4v) is 2.79. The van der Waals surface area contributed by atoms with Crippen LogP contribution in [0.4, 0.5) is 0 Å². The maximum Gasteiger partial charge on any atom is 0.277 e. The van der Waals surface area contributed by atoms with E-state index >= 15 is 0 Å². The van der Waals surface area contributed by atoms with E-state index in [9.17, 15) is 4.79 Å². The molecule has 3 aromatic rings. The molecule has 116 valence electrons. The zero-order valence-corrected chi connectivity index (χ0v) is 13.7. The Morgan fingerprint density at radius 1 is 1.04 bits per heavy atom. The molecule has 3 rings (SSSR count). The maximum atomic E-state index is 12.1. The van der Waals surface area contributed by atoms with Crippen LogP contribution < -0.4 is 0 Å². The Balaban J connectivity index is 1.57. The van der Waals surface area contributed by atoms with E-state index in [-0.39, 0.29) is 11.5 Å². The van der Waals surface area contributed by atoms with Gasteiger partial charge in [0, 0.05) is 10.6 Å². The van der Waals surface area contributed by atoms with Gasteiger partial charge in [-0.1, -0.05) is 53.7 Å². The Bertz CT molecular complexity index is 788. The highest BCUT2D eigenvalue weighted by atomic mass is 35.5. The van der Waals surface area contributed by atoms with E-state index in [1.165, 1.54) is 11.8 Å². The number of benzene rings is 2. The van der Waals surface area contributed by atoms with Crippen molar-refractivity contribution in [1.82, 2.24) is 10.2 Å². The Hall–Kier alpha value is -2.11. The first-order valence-electron chi connectivity index (χ1n) is 6.98. The minimum absolute atomic E-state index is 0.00511. The number of ketones is 1. The molecule has 6 heteroatoms. The molecule has 0 bridgehead atoms. The molecule has 0 spiro atoms. The van der Waals surface area contributed by atoms with Crippen LogP contribution in [0.5, 0.6) is 0 Å². The van der Waals surface area contributed by atoms with Crippen LogP contribution in [-0.4, -0.2) is 21.7 Å². The first-order valence-corrected chi connectivity index (χ1v) is 8.35. The molecule has 0 unspecified atom stereocenters. The van der Waals surface area contributed by atoms with Crippen molar-refractivity contribution in [3.05, 3.63) is 76.6 Å². The van der Waals surface area contributed by atoms with Crippen LogP contribution >= 0.6 is 23.4 Å². The third kappa shape index (κ3) is 4.43. The Morgan fingerprint density at radius 2 is 1.78 bits per heavy atom. The topological polar surface area (TPSA) is 56.0 Å². The highest BCUT2D eigenvalue weighted by Crippen LogP contribution is 2.19. The zero-order chi connectivity index (χ0) is 16.1. The molecule has 0 saturated heterocycles. The Morgan fingerprint density at radius 3 is 2.52 bits per heavy atom. The van der Waals surface area contributed by atoms with Gasteiger partial charge >= 0.3 is 0 Å². The molecule has 23 heavy (non-hydrogen) atoms. The van der Waals surface area contributed by atoms with Gasteiger partial charge in [-0.15, -0.1) is 10.2 Å². The summed E-state index contributed by atoms with van der Waals surface area (Å²) in [4.78, 5) is 12.1. The van der Waals surface area contributed by atoms with Gasteiger partial charge in [-0.25, -0.2) is 0 Å². The van der Waals surface area contributed by atoms with Crippen molar-refractivity contribution < 1.29 is 9.21 Å². The van der Waals surface area contributed by atoms with E-state index in [0.29, 0.717) is 28.1 Å². The molecule has 0 aliphatic carbocycles. The molecule has 0 fully saturated rings. The minimum atomic E-state index is -0.00511. The van der Waals surface area contributed by atoms with Crippen molar-refractivity contribution >= 4 is 29.1 Å². The molecular weight excluding hydrogens is 332 g/mol. The average Bonchev–Trinajstić information content (AvgIpc) is 3.02. The van der Waals surface area contributed by atoms with Crippen LogP contribution in [0.3, 0.4) is 0 Å². The summed E-state index contributed by atoms with van der Waals surface area (Å²) >= 11 is 7.04. The molecule has 0 atom stereocenters. The van der Waals surface area contributed by atoms with Crippen LogP contribution in [0.25, 0.3) is 0 Å². The third-order valence-corrected chi connectivity index (χ3v) is 4.21. The lowest BCUT2D eigenvalue weighted by Crippen LogP contribution is -2.01. The summed E-state index contributed by atoms with van der Waals surface area (Å²) in [6.45, 7) is 0. The highest BCUT2D eigenvalue weighted by molar-refractivity contribution is 7.99. The number of nitrogens with zero attached hydrogens (tertiary/aromatic N) is 2. The quantitative estimate of drug-likeness (QED) is 0.493. The largest absolute Gasteiger partial charge is 0.416 e. The molecular formula is C17H13ClN2O2S. The Labute approximate surface area is 142 Å².